The van der Waals surface area contributed by atoms with E-state index in [9.17, 15) is 42.5 Å². The molecule has 4 amide bonds. The number of nitro groups is 1. The minimum Gasteiger partial charge on any atom is -0.353 e. The van der Waals surface area contributed by atoms with Crippen LogP contribution in [0.3, 0.4) is 0 Å². The van der Waals surface area contributed by atoms with Crippen molar-refractivity contribution in [3.63, 3.8) is 0 Å². The van der Waals surface area contributed by atoms with E-state index >= 15 is 0 Å². The summed E-state index contributed by atoms with van der Waals surface area (Å²) in [5.41, 5.74) is -0.725. The Morgan fingerprint density at radius 3 is 2.26 bits per heavy atom. The van der Waals surface area contributed by atoms with Crippen molar-refractivity contribution in [3.05, 3.63) is 39.4 Å². The van der Waals surface area contributed by atoms with Gasteiger partial charge in [0.25, 0.3) is 17.5 Å². The monoisotopic (exact) mass is 388 g/mol. The van der Waals surface area contributed by atoms with Crippen LogP contribution < -0.4 is 10.6 Å². The van der Waals surface area contributed by atoms with E-state index in [0.717, 1.165) is 18.2 Å². The van der Waals surface area contributed by atoms with Gasteiger partial charge in [0.1, 0.15) is 6.54 Å². The van der Waals surface area contributed by atoms with Crippen molar-refractivity contribution in [1.82, 2.24) is 15.5 Å². The molecular weight excluding hydrogens is 377 g/mol. The first-order valence-corrected chi connectivity index (χ1v) is 7.28. The van der Waals surface area contributed by atoms with Crippen molar-refractivity contribution in [2.75, 3.05) is 19.6 Å². The van der Waals surface area contributed by atoms with E-state index < -0.39 is 53.5 Å². The van der Waals surface area contributed by atoms with Crippen LogP contribution in [0, 0.1) is 10.1 Å². The molecule has 0 fully saturated rings. The summed E-state index contributed by atoms with van der Waals surface area (Å²) < 4.78 is 35.9. The van der Waals surface area contributed by atoms with Crippen LogP contribution in [0.4, 0.5) is 18.9 Å². The van der Waals surface area contributed by atoms with E-state index in [0.29, 0.717) is 4.90 Å². The van der Waals surface area contributed by atoms with Gasteiger partial charge in [-0.25, -0.2) is 0 Å². The summed E-state index contributed by atoms with van der Waals surface area (Å²) in [6.07, 6.45) is -5.05. The van der Waals surface area contributed by atoms with Gasteiger partial charge in [-0.3, -0.25) is 34.2 Å². The van der Waals surface area contributed by atoms with Crippen LogP contribution in [0.5, 0.6) is 0 Å². The van der Waals surface area contributed by atoms with E-state index in [1.165, 1.54) is 5.32 Å². The molecule has 0 aromatic heterocycles. The first-order valence-electron chi connectivity index (χ1n) is 7.28. The standard InChI is InChI=1S/C14H11F3N4O6/c15-14(16,17)13(25)19-4-3-18-10(22)6-20-11(23)8-2-1-7(21(26)27)5-9(8)12(20)24/h1-2,5H,3-4,6H2,(H,18,22)(H,19,25). The maximum atomic E-state index is 12.2. The second-order valence-electron chi connectivity index (χ2n) is 5.29. The molecule has 0 bridgehead atoms. The molecule has 2 N–H and O–H groups in total. The van der Waals surface area contributed by atoms with Crippen molar-refractivity contribution >= 4 is 29.3 Å². The highest BCUT2D eigenvalue weighted by molar-refractivity contribution is 6.22. The van der Waals surface area contributed by atoms with Crippen molar-refractivity contribution in [2.24, 2.45) is 0 Å². The zero-order valence-corrected chi connectivity index (χ0v) is 13.3. The summed E-state index contributed by atoms with van der Waals surface area (Å²) in [6, 6.07) is 3.05. The molecule has 10 nitrogen and oxygen atoms in total. The number of nitrogens with zero attached hydrogens (tertiary/aromatic N) is 2. The maximum Gasteiger partial charge on any atom is 0.471 e. The van der Waals surface area contributed by atoms with Gasteiger partial charge in [0, 0.05) is 25.2 Å². The Balaban J connectivity index is 1.91. The van der Waals surface area contributed by atoms with Crippen LogP contribution >= 0.6 is 0 Å². The largest absolute Gasteiger partial charge is 0.471 e. The molecule has 13 heteroatoms. The summed E-state index contributed by atoms with van der Waals surface area (Å²) in [5.74, 6) is -4.76. The molecule has 144 valence electrons. The third-order valence-electron chi connectivity index (χ3n) is 3.46. The normalized spacial score (nSPS) is 13.4. The molecule has 0 atom stereocenters. The lowest BCUT2D eigenvalue weighted by Crippen LogP contribution is -2.44. The summed E-state index contributed by atoms with van der Waals surface area (Å²) in [5, 5.41) is 14.4. The minimum atomic E-state index is -5.05. The number of halogens is 3. The van der Waals surface area contributed by atoms with E-state index in [4.69, 9.17) is 0 Å². The fourth-order valence-electron chi connectivity index (χ4n) is 2.21. The number of hydrogen-bond donors (Lipinski definition) is 2. The molecule has 27 heavy (non-hydrogen) atoms. The summed E-state index contributed by atoms with van der Waals surface area (Å²) in [7, 11) is 0. The van der Waals surface area contributed by atoms with E-state index in [2.05, 4.69) is 5.32 Å². The third-order valence-corrected chi connectivity index (χ3v) is 3.46. The van der Waals surface area contributed by atoms with E-state index in [1.807, 2.05) is 0 Å². The fourth-order valence-corrected chi connectivity index (χ4v) is 2.21. The molecule has 1 aromatic rings. The zero-order valence-electron chi connectivity index (χ0n) is 13.3. The predicted molar refractivity (Wildman–Crippen MR) is 80.5 cm³/mol. The van der Waals surface area contributed by atoms with Crippen molar-refractivity contribution in [1.29, 1.82) is 0 Å². The van der Waals surface area contributed by atoms with Crippen LogP contribution in [-0.4, -0.2) is 59.3 Å². The lowest BCUT2D eigenvalue weighted by Gasteiger charge is -2.14. The van der Waals surface area contributed by atoms with Gasteiger partial charge in [-0.05, 0) is 6.07 Å². The second-order valence-corrected chi connectivity index (χ2v) is 5.29. The fraction of sp³-hybridized carbons (Fsp3) is 0.286. The smallest absolute Gasteiger partial charge is 0.353 e. The Morgan fingerprint density at radius 2 is 1.67 bits per heavy atom. The summed E-state index contributed by atoms with van der Waals surface area (Å²) in [4.78, 5) is 57.2. The molecule has 1 aliphatic heterocycles. The Morgan fingerprint density at radius 1 is 1.07 bits per heavy atom. The molecule has 0 spiro atoms. The lowest BCUT2D eigenvalue weighted by molar-refractivity contribution is -0.384. The average molecular weight is 388 g/mol. The van der Waals surface area contributed by atoms with Crippen LogP contribution in [0.1, 0.15) is 20.7 Å². The number of amides is 4. The lowest BCUT2D eigenvalue weighted by atomic mass is 10.1. The quantitative estimate of drug-likeness (QED) is 0.304. The van der Waals surface area contributed by atoms with Gasteiger partial charge in [0.05, 0.1) is 16.1 Å². The third kappa shape index (κ3) is 4.37. The number of nitro benzene ring substituents is 1. The van der Waals surface area contributed by atoms with Crippen LogP contribution in [0.25, 0.3) is 0 Å². The number of rotatable bonds is 6. The first-order chi connectivity index (χ1) is 12.5. The number of carbonyl (C=O) groups excluding carboxylic acids is 4. The van der Waals surface area contributed by atoms with Crippen LogP contribution in [-0.2, 0) is 9.59 Å². The predicted octanol–water partition coefficient (Wildman–Crippen LogP) is -0.0145. The highest BCUT2D eigenvalue weighted by atomic mass is 19.4. The number of alkyl halides is 3. The Bertz CT molecular complexity index is 839. The Labute approximate surface area is 148 Å². The highest BCUT2D eigenvalue weighted by Crippen LogP contribution is 2.26. The second kappa shape index (κ2) is 7.39. The number of imide groups is 1. The zero-order chi connectivity index (χ0) is 20.4. The molecule has 0 radical (unpaired) electrons. The summed E-state index contributed by atoms with van der Waals surface area (Å²) in [6.45, 7) is -1.61. The van der Waals surface area contributed by atoms with E-state index in [1.54, 1.807) is 0 Å². The van der Waals surface area contributed by atoms with Gasteiger partial charge in [-0.15, -0.1) is 0 Å². The number of hydrogen-bond acceptors (Lipinski definition) is 6. The number of nitrogens with one attached hydrogen (secondary N) is 2. The van der Waals surface area contributed by atoms with Gasteiger partial charge in [-0.1, -0.05) is 0 Å². The number of non-ortho nitro benzene ring substituents is 1. The molecule has 1 heterocycles. The van der Waals surface area contributed by atoms with Gasteiger partial charge in [0.15, 0.2) is 0 Å². The van der Waals surface area contributed by atoms with Crippen LogP contribution in [0.15, 0.2) is 18.2 Å². The molecule has 0 saturated carbocycles. The van der Waals surface area contributed by atoms with Gasteiger partial charge in [0.2, 0.25) is 5.91 Å². The van der Waals surface area contributed by atoms with Crippen molar-refractivity contribution in [2.45, 2.75) is 6.18 Å². The molecule has 0 saturated heterocycles. The molecule has 1 aromatic carbocycles. The molecule has 1 aliphatic rings. The maximum absolute atomic E-state index is 12.2. The molecule has 0 unspecified atom stereocenters. The van der Waals surface area contributed by atoms with Gasteiger partial charge in [-0.2, -0.15) is 13.2 Å². The average Bonchev–Trinajstić information content (AvgIpc) is 2.82. The molecular formula is C14H11F3N4O6. The Hall–Kier alpha value is -3.51. The van der Waals surface area contributed by atoms with E-state index in [-0.39, 0.29) is 17.7 Å². The minimum absolute atomic E-state index is 0.101. The molecule has 2 rings (SSSR count). The first kappa shape index (κ1) is 19.8. The topological polar surface area (TPSA) is 139 Å². The summed E-state index contributed by atoms with van der Waals surface area (Å²) >= 11 is 0. The van der Waals surface area contributed by atoms with Gasteiger partial charge < -0.3 is 10.6 Å². The van der Waals surface area contributed by atoms with Crippen molar-refractivity contribution < 1.29 is 37.3 Å². The number of benzene rings is 1. The van der Waals surface area contributed by atoms with Crippen molar-refractivity contribution in [3.8, 4) is 0 Å². The van der Waals surface area contributed by atoms with Gasteiger partial charge >= 0.3 is 12.1 Å². The number of carbonyl (C=O) groups is 4. The van der Waals surface area contributed by atoms with Crippen LogP contribution in [0.2, 0.25) is 0 Å². The molecule has 0 aliphatic carbocycles. The highest BCUT2D eigenvalue weighted by Gasteiger charge is 2.39. The number of fused-ring (bicyclic) bond motifs is 1. The SMILES string of the molecule is O=C(CN1C(=O)c2ccc([N+](=O)[O-])cc2C1=O)NCCNC(=O)C(F)(F)F. The Kier molecular flexibility index (Phi) is 5.42.